The minimum absolute atomic E-state index is 0.138. The largest absolute Gasteiger partial charge is 0.395 e. The van der Waals surface area contributed by atoms with E-state index in [0.29, 0.717) is 6.54 Å². The molecule has 1 N–H and O–H groups in total. The number of anilines is 2. The van der Waals surface area contributed by atoms with Gasteiger partial charge in [-0.25, -0.2) is 9.97 Å². The predicted octanol–water partition coefficient (Wildman–Crippen LogP) is 0.505. The first kappa shape index (κ1) is 11.1. The van der Waals surface area contributed by atoms with Crippen LogP contribution in [0.1, 0.15) is 12.8 Å². The van der Waals surface area contributed by atoms with E-state index in [1.54, 1.807) is 6.33 Å². The lowest BCUT2D eigenvalue weighted by molar-refractivity contribution is 0.304. The van der Waals surface area contributed by atoms with Crippen LogP contribution in [0.15, 0.2) is 12.4 Å². The molecule has 1 aromatic heterocycles. The fourth-order valence-electron chi connectivity index (χ4n) is 1.93. The van der Waals surface area contributed by atoms with E-state index in [9.17, 15) is 0 Å². The third-order valence-electron chi connectivity index (χ3n) is 2.89. The van der Waals surface area contributed by atoms with Gasteiger partial charge in [-0.05, 0) is 12.8 Å². The van der Waals surface area contributed by atoms with Crippen molar-refractivity contribution in [3.05, 3.63) is 12.4 Å². The van der Waals surface area contributed by atoms with Crippen molar-refractivity contribution in [1.29, 1.82) is 0 Å². The number of hydrogen-bond donors (Lipinski definition) is 1. The van der Waals surface area contributed by atoms with Crippen LogP contribution in [0.3, 0.4) is 0 Å². The first-order valence-electron chi connectivity index (χ1n) is 5.70. The fourth-order valence-corrected chi connectivity index (χ4v) is 1.93. The maximum atomic E-state index is 8.88. The molecule has 0 saturated carbocycles. The fraction of sp³-hybridized carbons (Fsp3) is 0.636. The Bertz CT molecular complexity index is 339. The summed E-state index contributed by atoms with van der Waals surface area (Å²) in [7, 11) is 1.92. The molecule has 1 aromatic rings. The SMILES string of the molecule is CN(CCO)c1cc(N2CCCC2)ncn1. The molecule has 16 heavy (non-hydrogen) atoms. The number of aliphatic hydroxyl groups excluding tert-OH is 1. The highest BCUT2D eigenvalue weighted by Crippen LogP contribution is 2.20. The first-order chi connectivity index (χ1) is 7.81. The van der Waals surface area contributed by atoms with Crippen molar-refractivity contribution >= 4 is 11.6 Å². The summed E-state index contributed by atoms with van der Waals surface area (Å²) < 4.78 is 0. The van der Waals surface area contributed by atoms with E-state index >= 15 is 0 Å². The first-order valence-corrected chi connectivity index (χ1v) is 5.70. The Balaban J connectivity index is 2.12. The number of nitrogens with zero attached hydrogens (tertiary/aromatic N) is 4. The van der Waals surface area contributed by atoms with Gasteiger partial charge in [0, 0.05) is 32.7 Å². The van der Waals surface area contributed by atoms with Gasteiger partial charge in [0.1, 0.15) is 18.0 Å². The van der Waals surface area contributed by atoms with Gasteiger partial charge in [-0.1, -0.05) is 0 Å². The summed E-state index contributed by atoms with van der Waals surface area (Å²) in [6, 6.07) is 1.99. The van der Waals surface area contributed by atoms with Gasteiger partial charge in [0.15, 0.2) is 0 Å². The maximum Gasteiger partial charge on any atom is 0.134 e. The summed E-state index contributed by atoms with van der Waals surface area (Å²) in [6.45, 7) is 2.90. The highest BCUT2D eigenvalue weighted by molar-refractivity contribution is 5.50. The number of rotatable bonds is 4. The molecule has 2 rings (SSSR count). The Morgan fingerprint density at radius 1 is 1.38 bits per heavy atom. The second kappa shape index (κ2) is 5.12. The van der Waals surface area contributed by atoms with Gasteiger partial charge in [0.2, 0.25) is 0 Å². The number of hydrogen-bond acceptors (Lipinski definition) is 5. The summed E-state index contributed by atoms with van der Waals surface area (Å²) >= 11 is 0. The topological polar surface area (TPSA) is 52.5 Å². The number of aromatic nitrogens is 2. The average Bonchev–Trinajstić information content (AvgIpc) is 2.83. The third kappa shape index (κ3) is 2.41. The lowest BCUT2D eigenvalue weighted by atomic mass is 10.4. The van der Waals surface area contributed by atoms with Crippen LogP contribution in [0.4, 0.5) is 11.6 Å². The van der Waals surface area contributed by atoms with Crippen LogP contribution in [0.2, 0.25) is 0 Å². The Labute approximate surface area is 95.7 Å². The molecule has 1 aliphatic rings. The van der Waals surface area contributed by atoms with Gasteiger partial charge in [0.25, 0.3) is 0 Å². The Morgan fingerprint density at radius 2 is 2.12 bits per heavy atom. The molecule has 0 amide bonds. The summed E-state index contributed by atoms with van der Waals surface area (Å²) in [5, 5.41) is 8.88. The monoisotopic (exact) mass is 222 g/mol. The molecule has 0 bridgehead atoms. The quantitative estimate of drug-likeness (QED) is 0.804. The molecule has 0 spiro atoms. The highest BCUT2D eigenvalue weighted by atomic mass is 16.3. The van der Waals surface area contributed by atoms with E-state index in [4.69, 9.17) is 5.11 Å². The Hall–Kier alpha value is -1.36. The molecule has 1 saturated heterocycles. The van der Waals surface area contributed by atoms with Crippen molar-refractivity contribution < 1.29 is 5.11 Å². The van der Waals surface area contributed by atoms with Crippen LogP contribution in [0, 0.1) is 0 Å². The van der Waals surface area contributed by atoms with Gasteiger partial charge in [-0.3, -0.25) is 0 Å². The molecule has 5 nitrogen and oxygen atoms in total. The summed E-state index contributed by atoms with van der Waals surface area (Å²) in [4.78, 5) is 12.7. The summed E-state index contributed by atoms with van der Waals surface area (Å²) in [6.07, 6.45) is 4.08. The van der Waals surface area contributed by atoms with Crippen LogP contribution < -0.4 is 9.80 Å². The molecule has 0 aliphatic carbocycles. The lowest BCUT2D eigenvalue weighted by Gasteiger charge is -2.20. The lowest BCUT2D eigenvalue weighted by Crippen LogP contribution is -2.24. The van der Waals surface area contributed by atoms with E-state index in [0.717, 1.165) is 24.7 Å². The van der Waals surface area contributed by atoms with E-state index in [1.807, 2.05) is 18.0 Å². The summed E-state index contributed by atoms with van der Waals surface area (Å²) in [5.74, 6) is 1.86. The van der Waals surface area contributed by atoms with Gasteiger partial charge >= 0.3 is 0 Å². The smallest absolute Gasteiger partial charge is 0.134 e. The van der Waals surface area contributed by atoms with E-state index in [1.165, 1.54) is 12.8 Å². The number of likely N-dealkylation sites (N-methyl/N-ethyl adjacent to an activating group) is 1. The molecular formula is C11H18N4O. The molecule has 0 aromatic carbocycles. The van der Waals surface area contributed by atoms with E-state index in [2.05, 4.69) is 14.9 Å². The second-order valence-electron chi connectivity index (χ2n) is 4.07. The molecule has 0 atom stereocenters. The van der Waals surface area contributed by atoms with Gasteiger partial charge in [0.05, 0.1) is 6.61 Å². The minimum Gasteiger partial charge on any atom is -0.395 e. The van der Waals surface area contributed by atoms with Crippen LogP contribution in [-0.4, -0.2) is 48.4 Å². The Kier molecular flexibility index (Phi) is 3.56. The third-order valence-corrected chi connectivity index (χ3v) is 2.89. The normalized spacial score (nSPS) is 15.5. The molecule has 2 heterocycles. The Morgan fingerprint density at radius 3 is 2.81 bits per heavy atom. The van der Waals surface area contributed by atoms with Gasteiger partial charge in [-0.2, -0.15) is 0 Å². The maximum absolute atomic E-state index is 8.88. The summed E-state index contributed by atoms with van der Waals surface area (Å²) in [5.41, 5.74) is 0. The molecule has 5 heteroatoms. The van der Waals surface area contributed by atoms with Crippen molar-refractivity contribution in [3.63, 3.8) is 0 Å². The van der Waals surface area contributed by atoms with Gasteiger partial charge < -0.3 is 14.9 Å². The average molecular weight is 222 g/mol. The highest BCUT2D eigenvalue weighted by Gasteiger charge is 2.14. The molecule has 1 fully saturated rings. The minimum atomic E-state index is 0.138. The zero-order valence-corrected chi connectivity index (χ0v) is 9.63. The second-order valence-corrected chi connectivity index (χ2v) is 4.07. The molecule has 88 valence electrons. The molecule has 0 radical (unpaired) electrons. The van der Waals surface area contributed by atoms with Crippen molar-refractivity contribution in [3.8, 4) is 0 Å². The van der Waals surface area contributed by atoms with Crippen molar-refractivity contribution in [2.45, 2.75) is 12.8 Å². The van der Waals surface area contributed by atoms with Crippen LogP contribution in [0.25, 0.3) is 0 Å². The zero-order valence-electron chi connectivity index (χ0n) is 9.63. The molecular weight excluding hydrogens is 204 g/mol. The molecule has 0 unspecified atom stereocenters. The predicted molar refractivity (Wildman–Crippen MR) is 63.8 cm³/mol. The van der Waals surface area contributed by atoms with Crippen LogP contribution >= 0.6 is 0 Å². The van der Waals surface area contributed by atoms with Gasteiger partial charge in [-0.15, -0.1) is 0 Å². The molecule has 1 aliphatic heterocycles. The van der Waals surface area contributed by atoms with Crippen LogP contribution in [0.5, 0.6) is 0 Å². The van der Waals surface area contributed by atoms with Crippen molar-refractivity contribution in [2.24, 2.45) is 0 Å². The van der Waals surface area contributed by atoms with E-state index in [-0.39, 0.29) is 6.61 Å². The zero-order chi connectivity index (χ0) is 11.4. The van der Waals surface area contributed by atoms with E-state index < -0.39 is 0 Å². The van der Waals surface area contributed by atoms with Crippen molar-refractivity contribution in [1.82, 2.24) is 9.97 Å². The standard InChI is InChI=1S/C11H18N4O/c1-14(6-7-16)10-8-11(13-9-12-10)15-4-2-3-5-15/h8-9,16H,2-7H2,1H3. The van der Waals surface area contributed by atoms with Crippen LogP contribution in [-0.2, 0) is 0 Å². The number of aliphatic hydroxyl groups is 1. The van der Waals surface area contributed by atoms with Crippen molar-refractivity contribution in [2.75, 3.05) is 43.1 Å².